The summed E-state index contributed by atoms with van der Waals surface area (Å²) in [5, 5.41) is -0.00130. The maximum atomic E-state index is 12.1. The fourth-order valence-electron chi connectivity index (χ4n) is 1.23. The summed E-state index contributed by atoms with van der Waals surface area (Å²) in [6, 6.07) is 0. The van der Waals surface area contributed by atoms with E-state index in [2.05, 4.69) is 12.6 Å². The van der Waals surface area contributed by atoms with Gasteiger partial charge in [-0.05, 0) is 20.8 Å². The minimum atomic E-state index is -0.780. The van der Waals surface area contributed by atoms with E-state index >= 15 is 0 Å². The van der Waals surface area contributed by atoms with Crippen molar-refractivity contribution in [3.05, 3.63) is 0 Å². The van der Waals surface area contributed by atoms with Crippen LogP contribution < -0.4 is 0 Å². The second kappa shape index (κ2) is 7.34. The molecule has 0 N–H and O–H groups in total. The summed E-state index contributed by atoms with van der Waals surface area (Å²) in [7, 11) is 0. The van der Waals surface area contributed by atoms with Crippen LogP contribution in [0.3, 0.4) is 0 Å². The van der Waals surface area contributed by atoms with E-state index in [-0.39, 0.29) is 34.9 Å². The van der Waals surface area contributed by atoms with Gasteiger partial charge < -0.3 is 0 Å². The molecule has 0 aliphatic carbocycles. The number of thioether (sulfide) groups is 1. The van der Waals surface area contributed by atoms with Gasteiger partial charge in [0, 0.05) is 24.0 Å². The maximum absolute atomic E-state index is 12.1. The molecule has 0 aliphatic rings. The molecule has 0 saturated heterocycles. The molecule has 0 rings (SSSR count). The normalized spacial score (nSPS) is 13.5. The minimum absolute atomic E-state index is 0.00130. The lowest BCUT2D eigenvalue weighted by atomic mass is 9.94. The minimum Gasteiger partial charge on any atom is -0.300 e. The van der Waals surface area contributed by atoms with E-state index in [1.54, 1.807) is 13.8 Å². The second-order valence-corrected chi connectivity index (χ2v) is 7.20. The van der Waals surface area contributed by atoms with Gasteiger partial charge in [0.25, 0.3) is 0 Å². The summed E-state index contributed by atoms with van der Waals surface area (Å²) in [5.74, 6) is -0.199. The average Bonchev–Trinajstić information content (AvgIpc) is 2.23. The summed E-state index contributed by atoms with van der Waals surface area (Å²) in [6.45, 7) is 8.55. The van der Waals surface area contributed by atoms with Crippen molar-refractivity contribution in [3.8, 4) is 0 Å². The number of ketones is 2. The van der Waals surface area contributed by atoms with Crippen LogP contribution in [0.25, 0.3) is 0 Å². The van der Waals surface area contributed by atoms with Crippen LogP contribution in [0.2, 0.25) is 0 Å². The molecule has 0 aromatic rings. The summed E-state index contributed by atoms with van der Waals surface area (Å²) in [6.07, 6.45) is 0.157. The number of hydrogen-bond donors (Lipinski definition) is 1. The third kappa shape index (κ3) is 5.57. The highest BCUT2D eigenvalue weighted by Crippen LogP contribution is 2.31. The molecule has 0 amide bonds. The Bertz CT molecular complexity index is 335. The van der Waals surface area contributed by atoms with Gasteiger partial charge in [-0.3, -0.25) is 14.4 Å². The summed E-state index contributed by atoms with van der Waals surface area (Å²) < 4.78 is -0.780. The quantitative estimate of drug-likeness (QED) is 0.733. The van der Waals surface area contributed by atoms with E-state index in [9.17, 15) is 14.4 Å². The third-order valence-corrected chi connectivity index (χ3v) is 4.58. The molecule has 0 aromatic heterocycles. The SMILES string of the molecule is CC(=O)[C@H](CS)CC(=O)C(C)(C)SC(=O)C(C)C. The van der Waals surface area contributed by atoms with Crippen molar-refractivity contribution in [3.63, 3.8) is 0 Å². The number of rotatable bonds is 7. The van der Waals surface area contributed by atoms with Crippen LogP contribution in [-0.2, 0) is 14.4 Å². The fourth-order valence-corrected chi connectivity index (χ4v) is 2.55. The number of hydrogen-bond acceptors (Lipinski definition) is 5. The van der Waals surface area contributed by atoms with E-state index in [4.69, 9.17) is 0 Å². The first kappa shape index (κ1) is 17.7. The molecule has 0 bridgehead atoms. The van der Waals surface area contributed by atoms with Gasteiger partial charge in [0.15, 0.2) is 5.12 Å². The van der Waals surface area contributed by atoms with Crippen LogP contribution in [0, 0.1) is 11.8 Å². The molecule has 0 aliphatic heterocycles. The molecule has 0 unspecified atom stereocenters. The van der Waals surface area contributed by atoms with E-state index in [0.29, 0.717) is 5.75 Å². The van der Waals surface area contributed by atoms with Crippen LogP contribution in [-0.4, -0.2) is 27.2 Å². The third-order valence-electron chi connectivity index (χ3n) is 2.73. The summed E-state index contributed by atoms with van der Waals surface area (Å²) in [5.41, 5.74) is 0. The van der Waals surface area contributed by atoms with Crippen LogP contribution in [0.4, 0.5) is 0 Å². The average molecular weight is 290 g/mol. The second-order valence-electron chi connectivity index (χ2n) is 5.20. The number of thiol groups is 1. The molecule has 1 atom stereocenters. The molecule has 18 heavy (non-hydrogen) atoms. The van der Waals surface area contributed by atoms with Crippen molar-refractivity contribution >= 4 is 41.1 Å². The van der Waals surface area contributed by atoms with Crippen LogP contribution >= 0.6 is 24.4 Å². The van der Waals surface area contributed by atoms with Crippen molar-refractivity contribution in [2.45, 2.75) is 45.8 Å². The number of Topliss-reactive ketones (excluding diaryl/α,β-unsaturated/α-hetero) is 2. The zero-order valence-electron chi connectivity index (χ0n) is 11.6. The summed E-state index contributed by atoms with van der Waals surface area (Å²) >= 11 is 5.14. The van der Waals surface area contributed by atoms with Gasteiger partial charge in [-0.15, -0.1) is 0 Å². The highest BCUT2D eigenvalue weighted by Gasteiger charge is 2.33. The highest BCUT2D eigenvalue weighted by molar-refractivity contribution is 8.15. The fraction of sp³-hybridized carbons (Fsp3) is 0.769. The molecule has 5 heteroatoms. The molecule has 0 aromatic carbocycles. The van der Waals surface area contributed by atoms with E-state index in [1.807, 2.05) is 13.8 Å². The van der Waals surface area contributed by atoms with Gasteiger partial charge in [-0.1, -0.05) is 25.6 Å². The van der Waals surface area contributed by atoms with Crippen LogP contribution in [0.1, 0.15) is 41.0 Å². The molecule has 0 saturated carbocycles. The van der Waals surface area contributed by atoms with Crippen molar-refractivity contribution in [2.75, 3.05) is 5.75 Å². The Morgan fingerprint density at radius 1 is 1.22 bits per heavy atom. The van der Waals surface area contributed by atoms with Gasteiger partial charge in [0.2, 0.25) is 0 Å². The lowest BCUT2D eigenvalue weighted by Gasteiger charge is -2.24. The first-order valence-electron chi connectivity index (χ1n) is 5.99. The molecule has 104 valence electrons. The van der Waals surface area contributed by atoms with Crippen LogP contribution in [0.15, 0.2) is 0 Å². The zero-order valence-corrected chi connectivity index (χ0v) is 13.4. The Labute approximate surface area is 119 Å². The lowest BCUT2D eigenvalue weighted by Crippen LogP contribution is -2.33. The van der Waals surface area contributed by atoms with Crippen LogP contribution in [0.5, 0.6) is 0 Å². The monoisotopic (exact) mass is 290 g/mol. The molecule has 0 spiro atoms. The predicted molar refractivity (Wildman–Crippen MR) is 79.2 cm³/mol. The Morgan fingerprint density at radius 3 is 2.06 bits per heavy atom. The molecule has 0 radical (unpaired) electrons. The number of carbonyl (C=O) groups is 3. The van der Waals surface area contributed by atoms with Gasteiger partial charge in [0.05, 0.1) is 4.75 Å². The van der Waals surface area contributed by atoms with Crippen molar-refractivity contribution in [1.29, 1.82) is 0 Å². The Morgan fingerprint density at radius 2 is 1.72 bits per heavy atom. The topological polar surface area (TPSA) is 51.2 Å². The highest BCUT2D eigenvalue weighted by atomic mass is 32.2. The van der Waals surface area contributed by atoms with E-state index in [0.717, 1.165) is 11.8 Å². The van der Waals surface area contributed by atoms with Crippen molar-refractivity contribution < 1.29 is 14.4 Å². The Hall–Kier alpha value is -0.290. The molecule has 0 heterocycles. The molecular formula is C13H22O3S2. The van der Waals surface area contributed by atoms with Crippen molar-refractivity contribution in [1.82, 2.24) is 0 Å². The van der Waals surface area contributed by atoms with Gasteiger partial charge in [0.1, 0.15) is 11.6 Å². The van der Waals surface area contributed by atoms with Gasteiger partial charge >= 0.3 is 0 Å². The first-order chi connectivity index (χ1) is 8.11. The smallest absolute Gasteiger partial charge is 0.192 e. The summed E-state index contributed by atoms with van der Waals surface area (Å²) in [4.78, 5) is 35.1. The molecular weight excluding hydrogens is 268 g/mol. The lowest BCUT2D eigenvalue weighted by molar-refractivity contribution is -0.127. The van der Waals surface area contributed by atoms with E-state index in [1.165, 1.54) is 6.92 Å². The van der Waals surface area contributed by atoms with E-state index < -0.39 is 4.75 Å². The maximum Gasteiger partial charge on any atom is 0.192 e. The Balaban J connectivity index is 4.65. The molecule has 0 fully saturated rings. The first-order valence-corrected chi connectivity index (χ1v) is 7.44. The zero-order chi connectivity index (χ0) is 14.5. The van der Waals surface area contributed by atoms with Gasteiger partial charge in [-0.25, -0.2) is 0 Å². The predicted octanol–water partition coefficient (Wildman–Crippen LogP) is 2.78. The number of carbonyl (C=O) groups excluding carboxylic acids is 3. The standard InChI is InChI=1S/C13H22O3S2/c1-8(2)12(16)18-13(4,5)11(15)6-10(7-17)9(3)14/h8,10,17H,6-7H2,1-5H3/t10-/m0/s1. The largest absolute Gasteiger partial charge is 0.300 e. The van der Waals surface area contributed by atoms with Crippen molar-refractivity contribution in [2.24, 2.45) is 11.8 Å². The molecule has 3 nitrogen and oxygen atoms in total. The van der Waals surface area contributed by atoms with Gasteiger partial charge in [-0.2, -0.15) is 12.6 Å². The Kier molecular flexibility index (Phi) is 7.22.